The van der Waals surface area contributed by atoms with Crippen LogP contribution in [0, 0.1) is 14.9 Å². The quantitative estimate of drug-likeness (QED) is 0.396. The molecule has 0 aliphatic heterocycles. The summed E-state index contributed by atoms with van der Waals surface area (Å²) < 4.78 is 0. The summed E-state index contributed by atoms with van der Waals surface area (Å²) in [7, 11) is 0. The zero-order valence-electron chi connectivity index (χ0n) is 8.93. The zero-order chi connectivity index (χ0) is 10.6. The van der Waals surface area contributed by atoms with Crippen molar-refractivity contribution in [3.05, 3.63) is 14.9 Å². The van der Waals surface area contributed by atoms with Crippen molar-refractivity contribution in [2.24, 2.45) is 0 Å². The van der Waals surface area contributed by atoms with E-state index in [9.17, 15) is 14.4 Å². The first-order valence-corrected chi connectivity index (χ1v) is 3.17. The van der Waals surface area contributed by atoms with E-state index >= 15 is 0 Å². The minimum atomic E-state index is -2.74. The van der Waals surface area contributed by atoms with E-state index in [0.717, 1.165) is 0 Å². The molecule has 0 rings (SSSR count). The van der Waals surface area contributed by atoms with E-state index in [2.05, 4.69) is 0 Å². The van der Waals surface area contributed by atoms with Crippen molar-refractivity contribution >= 4 is 17.9 Å². The molecule has 0 aromatic carbocycles. The molecule has 0 amide bonds. The Labute approximate surface area is 108 Å². The fourth-order valence-electron chi connectivity index (χ4n) is 0.714. The van der Waals surface area contributed by atoms with Crippen LogP contribution in [-0.4, -0.2) is 43.9 Å². The number of hydrogen-bond donors (Lipinski definition) is 4. The Morgan fingerprint density at radius 2 is 1.12 bits per heavy atom. The molecular weight excluding hydrogens is 256 g/mol. The number of hydrogen-bond acceptors (Lipinski definition) is 4. The third-order valence-electron chi connectivity index (χ3n) is 1.29. The number of carboxylic acid groups (broad SMARTS) is 3. The van der Waals surface area contributed by atoms with Gasteiger partial charge in [-0.3, -0.25) is 9.59 Å². The second-order valence-corrected chi connectivity index (χ2v) is 2.48. The van der Waals surface area contributed by atoms with Gasteiger partial charge in [0.15, 0.2) is 5.60 Å². The Balaban J connectivity index is -0.000000240. The van der Waals surface area contributed by atoms with Gasteiger partial charge in [-0.05, 0) is 0 Å². The first kappa shape index (κ1) is 24.4. The molecule has 92 valence electrons. The Kier molecular flexibility index (Phi) is 14.2. The van der Waals surface area contributed by atoms with E-state index in [-0.39, 0.29) is 36.6 Å². The van der Waals surface area contributed by atoms with Gasteiger partial charge in [-0.1, -0.05) is 0 Å². The van der Waals surface area contributed by atoms with Gasteiger partial charge in [-0.25, -0.2) is 4.79 Å². The van der Waals surface area contributed by atoms with Crippen molar-refractivity contribution in [1.29, 1.82) is 0 Å². The first-order valence-electron chi connectivity index (χ1n) is 3.17. The average Bonchev–Trinajstić information content (AvgIpc) is 1.82. The molecule has 0 aromatic rings. The van der Waals surface area contributed by atoms with Crippen LogP contribution in [0.4, 0.5) is 0 Å². The van der Waals surface area contributed by atoms with Crippen molar-refractivity contribution in [2.45, 2.75) is 18.4 Å². The minimum Gasteiger partial charge on any atom is -0.481 e. The van der Waals surface area contributed by atoms with E-state index in [1.807, 2.05) is 0 Å². The first-order chi connectivity index (χ1) is 5.78. The Morgan fingerprint density at radius 3 is 1.25 bits per heavy atom. The van der Waals surface area contributed by atoms with Crippen molar-refractivity contribution in [3.8, 4) is 0 Å². The van der Waals surface area contributed by atoms with Crippen molar-refractivity contribution < 1.29 is 56.5 Å². The Hall–Kier alpha value is -0.916. The number of carbonyl (C=O) groups is 3. The number of rotatable bonds is 5. The maximum Gasteiger partial charge on any atom is 2.00 e. The normalized spacial score (nSPS) is 8.81. The number of carboxylic acids is 3. The summed E-state index contributed by atoms with van der Waals surface area (Å²) in [5.74, 6) is -5.02. The van der Waals surface area contributed by atoms with E-state index in [1.54, 1.807) is 0 Å². The SMILES string of the molecule is O=C(O)CC(O)(CC(=O)O)C(=O)O.[CH3-].[CH3-].[Ti+2]. The topological polar surface area (TPSA) is 132 Å². The molecule has 8 heteroatoms. The summed E-state index contributed by atoms with van der Waals surface area (Å²) in [5, 5.41) is 33.8. The van der Waals surface area contributed by atoms with Crippen LogP contribution in [0.15, 0.2) is 0 Å². The van der Waals surface area contributed by atoms with Gasteiger partial charge >= 0.3 is 39.6 Å². The molecule has 0 heterocycles. The molecule has 0 spiro atoms. The van der Waals surface area contributed by atoms with Gasteiger partial charge in [0.05, 0.1) is 12.8 Å². The second kappa shape index (κ2) is 9.32. The van der Waals surface area contributed by atoms with Crippen LogP contribution >= 0.6 is 0 Å². The van der Waals surface area contributed by atoms with Crippen molar-refractivity contribution in [2.75, 3.05) is 0 Å². The third kappa shape index (κ3) is 8.40. The van der Waals surface area contributed by atoms with Gasteiger partial charge in [0.1, 0.15) is 0 Å². The molecule has 0 saturated heterocycles. The monoisotopic (exact) mass is 270 g/mol. The molecule has 0 aliphatic rings. The summed E-state index contributed by atoms with van der Waals surface area (Å²) in [6.07, 6.45) is -2.29. The van der Waals surface area contributed by atoms with Gasteiger partial charge in [-0.15, -0.1) is 0 Å². The molecule has 0 aliphatic carbocycles. The van der Waals surface area contributed by atoms with Gasteiger partial charge < -0.3 is 35.3 Å². The van der Waals surface area contributed by atoms with Crippen LogP contribution in [0.2, 0.25) is 0 Å². The summed E-state index contributed by atoms with van der Waals surface area (Å²) in [6, 6.07) is 0. The maximum absolute atomic E-state index is 10.3. The maximum atomic E-state index is 10.3. The molecule has 0 saturated carbocycles. The van der Waals surface area contributed by atoms with Gasteiger partial charge in [-0.2, -0.15) is 0 Å². The van der Waals surface area contributed by atoms with E-state index < -0.39 is 36.4 Å². The summed E-state index contributed by atoms with van der Waals surface area (Å²) in [5.41, 5.74) is -2.74. The standard InChI is InChI=1S/C6H8O7.2CH3.Ti/c7-3(8)1-6(13,5(11)12)2-4(9)10;;;/h13H,1-2H2,(H,7,8)(H,9,10)(H,11,12);2*1H3;/q;2*-1;+2. The van der Waals surface area contributed by atoms with Crippen molar-refractivity contribution in [1.82, 2.24) is 0 Å². The van der Waals surface area contributed by atoms with Crippen LogP contribution < -0.4 is 0 Å². The van der Waals surface area contributed by atoms with Crippen LogP contribution in [0.3, 0.4) is 0 Å². The molecule has 0 bridgehead atoms. The molecule has 7 nitrogen and oxygen atoms in total. The summed E-state index contributed by atoms with van der Waals surface area (Å²) in [4.78, 5) is 30.5. The number of aliphatic hydroxyl groups is 1. The molecular formula is C8H14O7Ti. The average molecular weight is 270 g/mol. The Morgan fingerprint density at radius 1 is 0.875 bits per heavy atom. The largest absolute Gasteiger partial charge is 2.00 e. The van der Waals surface area contributed by atoms with E-state index in [0.29, 0.717) is 0 Å². The number of aliphatic carboxylic acids is 3. The van der Waals surface area contributed by atoms with Crippen LogP contribution in [0.25, 0.3) is 0 Å². The summed E-state index contributed by atoms with van der Waals surface area (Å²) >= 11 is 0. The zero-order valence-corrected chi connectivity index (χ0v) is 10.5. The van der Waals surface area contributed by atoms with Crippen LogP contribution in [0.5, 0.6) is 0 Å². The third-order valence-corrected chi connectivity index (χ3v) is 1.29. The molecule has 4 N–H and O–H groups in total. The smallest absolute Gasteiger partial charge is 0.481 e. The molecule has 0 atom stereocenters. The molecule has 0 radical (unpaired) electrons. The second-order valence-electron chi connectivity index (χ2n) is 2.48. The van der Waals surface area contributed by atoms with Gasteiger partial charge in [0, 0.05) is 0 Å². The predicted molar refractivity (Wildman–Crippen MR) is 49.9 cm³/mol. The van der Waals surface area contributed by atoms with Gasteiger partial charge in [0.2, 0.25) is 0 Å². The van der Waals surface area contributed by atoms with Gasteiger partial charge in [0.25, 0.3) is 0 Å². The van der Waals surface area contributed by atoms with Crippen LogP contribution in [0.1, 0.15) is 12.8 Å². The fourth-order valence-corrected chi connectivity index (χ4v) is 0.714. The minimum absolute atomic E-state index is 0. The molecule has 0 unspecified atom stereocenters. The van der Waals surface area contributed by atoms with E-state index in [4.69, 9.17) is 20.4 Å². The van der Waals surface area contributed by atoms with Crippen molar-refractivity contribution in [3.63, 3.8) is 0 Å². The Bertz CT molecular complexity index is 235. The fraction of sp³-hybridized carbons (Fsp3) is 0.375. The molecule has 0 fully saturated rings. The molecule has 16 heavy (non-hydrogen) atoms. The summed E-state index contributed by atoms with van der Waals surface area (Å²) in [6.45, 7) is 0. The molecule has 0 aromatic heterocycles. The predicted octanol–water partition coefficient (Wildman–Crippen LogP) is -0.350. The van der Waals surface area contributed by atoms with E-state index in [1.165, 1.54) is 0 Å². The van der Waals surface area contributed by atoms with Crippen LogP contribution in [-0.2, 0) is 36.1 Å².